The standard InChI is InChI=1S/C50H32N2O/c1-3-8-41-28-43(25-19-33(41)6-1)35-11-13-38(14-12-35)46-30-47(39-21-15-36(16-22-39)44-26-20-34-7-2-4-9-42(34)29-44)49-48(31-46)53-50(52-49)40-23-17-37(18-24-40)45-10-5-27-51-32-45/h1-32H. The van der Waals surface area contributed by atoms with E-state index in [0.29, 0.717) is 5.89 Å². The number of fused-ring (bicyclic) bond motifs is 3. The Bertz CT molecular complexity index is 2910. The summed E-state index contributed by atoms with van der Waals surface area (Å²) in [6.07, 6.45) is 3.67. The Kier molecular flexibility index (Phi) is 7.47. The topological polar surface area (TPSA) is 38.9 Å². The molecule has 0 amide bonds. The third-order valence-corrected chi connectivity index (χ3v) is 10.2. The van der Waals surface area contributed by atoms with Crippen LogP contribution in [0.2, 0.25) is 0 Å². The van der Waals surface area contributed by atoms with Crippen molar-refractivity contribution in [3.8, 4) is 67.1 Å². The molecule has 0 radical (unpaired) electrons. The summed E-state index contributed by atoms with van der Waals surface area (Å²) in [4.78, 5) is 9.39. The second kappa shape index (κ2) is 12.9. The lowest BCUT2D eigenvalue weighted by atomic mass is 9.94. The van der Waals surface area contributed by atoms with Gasteiger partial charge in [-0.15, -0.1) is 0 Å². The van der Waals surface area contributed by atoms with Gasteiger partial charge in [-0.05, 0) is 114 Å². The normalized spacial score (nSPS) is 11.4. The largest absolute Gasteiger partial charge is 0.436 e. The number of pyridine rings is 1. The number of benzene rings is 8. The molecule has 0 saturated carbocycles. The number of aromatic nitrogens is 2. The number of hydrogen-bond donors (Lipinski definition) is 0. The zero-order chi connectivity index (χ0) is 35.1. The highest BCUT2D eigenvalue weighted by atomic mass is 16.3. The molecule has 3 heteroatoms. The molecule has 10 rings (SSSR count). The smallest absolute Gasteiger partial charge is 0.227 e. The van der Waals surface area contributed by atoms with Crippen molar-refractivity contribution < 1.29 is 4.42 Å². The van der Waals surface area contributed by atoms with Crippen LogP contribution in [-0.4, -0.2) is 9.97 Å². The van der Waals surface area contributed by atoms with Crippen molar-refractivity contribution in [2.75, 3.05) is 0 Å². The number of nitrogens with zero attached hydrogens (tertiary/aromatic N) is 2. The molecule has 2 heterocycles. The third-order valence-electron chi connectivity index (χ3n) is 10.2. The fraction of sp³-hybridized carbons (Fsp3) is 0. The van der Waals surface area contributed by atoms with Gasteiger partial charge in [0.2, 0.25) is 5.89 Å². The Morgan fingerprint density at radius 1 is 0.340 bits per heavy atom. The van der Waals surface area contributed by atoms with Crippen LogP contribution in [-0.2, 0) is 0 Å². The first-order valence-electron chi connectivity index (χ1n) is 17.9. The van der Waals surface area contributed by atoms with Gasteiger partial charge in [-0.25, -0.2) is 4.98 Å². The molecule has 0 bridgehead atoms. The molecule has 0 aliphatic rings. The van der Waals surface area contributed by atoms with Crippen molar-refractivity contribution >= 4 is 32.6 Å². The summed E-state index contributed by atoms with van der Waals surface area (Å²) in [6.45, 7) is 0. The fourth-order valence-electron chi connectivity index (χ4n) is 7.31. The van der Waals surface area contributed by atoms with Gasteiger partial charge in [0.15, 0.2) is 5.58 Å². The van der Waals surface area contributed by atoms with Gasteiger partial charge >= 0.3 is 0 Å². The summed E-state index contributed by atoms with van der Waals surface area (Å²) < 4.78 is 6.57. The molecule has 8 aromatic carbocycles. The van der Waals surface area contributed by atoms with Crippen LogP contribution in [0.1, 0.15) is 0 Å². The van der Waals surface area contributed by atoms with E-state index < -0.39 is 0 Å². The summed E-state index contributed by atoms with van der Waals surface area (Å²) in [5, 5.41) is 4.96. The van der Waals surface area contributed by atoms with Crippen molar-refractivity contribution in [1.82, 2.24) is 9.97 Å². The molecule has 248 valence electrons. The van der Waals surface area contributed by atoms with Crippen LogP contribution in [0.15, 0.2) is 199 Å². The molecule has 3 nitrogen and oxygen atoms in total. The van der Waals surface area contributed by atoms with Gasteiger partial charge in [-0.3, -0.25) is 4.98 Å². The Hall–Kier alpha value is -7.10. The minimum atomic E-state index is 0.593. The maximum absolute atomic E-state index is 6.57. The summed E-state index contributed by atoms with van der Waals surface area (Å²) in [6, 6.07) is 64.6. The molecular formula is C50H32N2O. The highest BCUT2D eigenvalue weighted by molar-refractivity contribution is 5.97. The van der Waals surface area contributed by atoms with Crippen molar-refractivity contribution in [3.05, 3.63) is 194 Å². The Balaban J connectivity index is 1.05. The molecule has 0 unspecified atom stereocenters. The van der Waals surface area contributed by atoms with E-state index in [1.807, 2.05) is 12.3 Å². The molecule has 0 spiro atoms. The molecule has 2 aromatic heterocycles. The van der Waals surface area contributed by atoms with Gasteiger partial charge in [0, 0.05) is 23.5 Å². The maximum Gasteiger partial charge on any atom is 0.227 e. The molecule has 0 N–H and O–H groups in total. The minimum absolute atomic E-state index is 0.593. The lowest BCUT2D eigenvalue weighted by Gasteiger charge is -2.10. The van der Waals surface area contributed by atoms with E-state index in [9.17, 15) is 0 Å². The van der Waals surface area contributed by atoms with E-state index >= 15 is 0 Å². The summed E-state index contributed by atoms with van der Waals surface area (Å²) >= 11 is 0. The SMILES string of the molecule is c1cncc(-c2ccc(-c3nc4c(-c5ccc(-c6ccc7ccccc7c6)cc5)cc(-c5ccc(-c6ccc7ccccc7c6)cc5)cc4o3)cc2)c1. The third kappa shape index (κ3) is 5.85. The molecular weight excluding hydrogens is 645 g/mol. The van der Waals surface area contributed by atoms with E-state index in [4.69, 9.17) is 9.40 Å². The monoisotopic (exact) mass is 676 g/mol. The Labute approximate surface area is 307 Å². The van der Waals surface area contributed by atoms with E-state index in [1.165, 1.54) is 43.8 Å². The quantitative estimate of drug-likeness (QED) is 0.176. The molecule has 10 aromatic rings. The minimum Gasteiger partial charge on any atom is -0.436 e. The van der Waals surface area contributed by atoms with Crippen LogP contribution in [0.5, 0.6) is 0 Å². The molecule has 0 saturated heterocycles. The number of rotatable bonds is 6. The van der Waals surface area contributed by atoms with E-state index in [0.717, 1.165) is 50.0 Å². The van der Waals surface area contributed by atoms with Gasteiger partial charge in [-0.1, -0.05) is 140 Å². The second-order valence-corrected chi connectivity index (χ2v) is 13.5. The van der Waals surface area contributed by atoms with Crippen LogP contribution < -0.4 is 0 Å². The number of oxazole rings is 1. The predicted molar refractivity (Wildman–Crippen MR) is 219 cm³/mol. The second-order valence-electron chi connectivity index (χ2n) is 13.5. The fourth-order valence-corrected chi connectivity index (χ4v) is 7.31. The molecule has 0 atom stereocenters. The van der Waals surface area contributed by atoms with Crippen LogP contribution >= 0.6 is 0 Å². The first kappa shape index (κ1) is 30.7. The Morgan fingerprint density at radius 3 is 1.40 bits per heavy atom. The lowest BCUT2D eigenvalue weighted by Crippen LogP contribution is -1.87. The van der Waals surface area contributed by atoms with Crippen molar-refractivity contribution in [2.24, 2.45) is 0 Å². The molecule has 0 aliphatic carbocycles. The highest BCUT2D eigenvalue weighted by Crippen LogP contribution is 2.38. The highest BCUT2D eigenvalue weighted by Gasteiger charge is 2.17. The summed E-state index contributed by atoms with van der Waals surface area (Å²) in [5.74, 6) is 0.593. The number of hydrogen-bond acceptors (Lipinski definition) is 3. The average molecular weight is 677 g/mol. The van der Waals surface area contributed by atoms with Gasteiger partial charge in [0.1, 0.15) is 5.52 Å². The first-order valence-corrected chi connectivity index (χ1v) is 17.9. The van der Waals surface area contributed by atoms with Crippen LogP contribution in [0.25, 0.3) is 99.7 Å². The summed E-state index contributed by atoms with van der Waals surface area (Å²) in [5.41, 5.74) is 13.7. The van der Waals surface area contributed by atoms with E-state index in [-0.39, 0.29) is 0 Å². The molecule has 0 fully saturated rings. The van der Waals surface area contributed by atoms with Crippen molar-refractivity contribution in [1.29, 1.82) is 0 Å². The van der Waals surface area contributed by atoms with E-state index in [2.05, 4.69) is 181 Å². The Morgan fingerprint density at radius 2 is 0.830 bits per heavy atom. The van der Waals surface area contributed by atoms with Crippen LogP contribution in [0.4, 0.5) is 0 Å². The van der Waals surface area contributed by atoms with Gasteiger partial charge < -0.3 is 4.42 Å². The van der Waals surface area contributed by atoms with Gasteiger partial charge in [0.25, 0.3) is 0 Å². The van der Waals surface area contributed by atoms with Crippen molar-refractivity contribution in [2.45, 2.75) is 0 Å². The zero-order valence-corrected chi connectivity index (χ0v) is 28.8. The lowest BCUT2D eigenvalue weighted by molar-refractivity contribution is 0.620. The zero-order valence-electron chi connectivity index (χ0n) is 28.8. The average Bonchev–Trinajstić information content (AvgIpc) is 3.68. The van der Waals surface area contributed by atoms with Gasteiger partial charge in [-0.2, -0.15) is 0 Å². The van der Waals surface area contributed by atoms with Crippen molar-refractivity contribution in [3.63, 3.8) is 0 Å². The van der Waals surface area contributed by atoms with Crippen LogP contribution in [0.3, 0.4) is 0 Å². The molecule has 0 aliphatic heterocycles. The molecule has 53 heavy (non-hydrogen) atoms. The first-order chi connectivity index (χ1) is 26.2. The predicted octanol–water partition coefficient (Wildman–Crippen LogP) is 13.5. The summed E-state index contributed by atoms with van der Waals surface area (Å²) in [7, 11) is 0. The van der Waals surface area contributed by atoms with E-state index in [1.54, 1.807) is 6.20 Å². The maximum atomic E-state index is 6.57. The van der Waals surface area contributed by atoms with Crippen LogP contribution in [0, 0.1) is 0 Å². The van der Waals surface area contributed by atoms with Gasteiger partial charge in [0.05, 0.1) is 0 Å².